The van der Waals surface area contributed by atoms with Gasteiger partial charge in [-0.3, -0.25) is 4.79 Å². The number of ether oxygens (including phenoxy) is 1. The van der Waals surface area contributed by atoms with Gasteiger partial charge in [0.05, 0.1) is 5.02 Å². The van der Waals surface area contributed by atoms with Crippen molar-refractivity contribution in [3.8, 4) is 5.75 Å². The standard InChI is InChI=1S/C20H22ClFN2O2/c1-13(26-19-8-7-16(22)9-18(19)21)20(25)24-11-15(10-23)17(12-24)14-5-3-2-4-6-14/h2-9,13,15,17H,10-12,23H2,1H3/t13?,15-,17+/m1/s1. The molecule has 0 saturated carbocycles. The Morgan fingerprint density at radius 1 is 1.31 bits per heavy atom. The van der Waals surface area contributed by atoms with E-state index in [9.17, 15) is 9.18 Å². The van der Waals surface area contributed by atoms with Crippen LogP contribution in [0, 0.1) is 11.7 Å². The van der Waals surface area contributed by atoms with Crippen LogP contribution in [0.4, 0.5) is 4.39 Å². The lowest BCUT2D eigenvalue weighted by Crippen LogP contribution is -2.39. The Hall–Kier alpha value is -2.11. The molecular weight excluding hydrogens is 355 g/mol. The summed E-state index contributed by atoms with van der Waals surface area (Å²) in [5.41, 5.74) is 7.12. The molecular formula is C20H22ClFN2O2. The van der Waals surface area contributed by atoms with Gasteiger partial charge in [0.25, 0.3) is 5.91 Å². The van der Waals surface area contributed by atoms with Gasteiger partial charge in [0.1, 0.15) is 11.6 Å². The second kappa shape index (κ2) is 8.06. The zero-order valence-electron chi connectivity index (χ0n) is 14.6. The summed E-state index contributed by atoms with van der Waals surface area (Å²) in [7, 11) is 0. The van der Waals surface area contributed by atoms with E-state index in [1.165, 1.54) is 23.8 Å². The largest absolute Gasteiger partial charge is 0.479 e. The molecule has 3 atom stereocenters. The predicted octanol–water partition coefficient (Wildman–Crippen LogP) is 3.45. The Balaban J connectivity index is 1.69. The number of nitrogens with two attached hydrogens (primary N) is 1. The van der Waals surface area contributed by atoms with E-state index in [1.54, 1.807) is 11.8 Å². The minimum Gasteiger partial charge on any atom is -0.479 e. The zero-order chi connectivity index (χ0) is 18.7. The second-order valence-electron chi connectivity index (χ2n) is 6.59. The fraction of sp³-hybridized carbons (Fsp3) is 0.350. The van der Waals surface area contributed by atoms with Crippen molar-refractivity contribution in [1.29, 1.82) is 0 Å². The SMILES string of the molecule is CC(Oc1ccc(F)cc1Cl)C(=O)N1C[C@@H](CN)[C@H](c2ccccc2)C1. The molecule has 1 unspecified atom stereocenters. The average molecular weight is 377 g/mol. The summed E-state index contributed by atoms with van der Waals surface area (Å²) >= 11 is 5.98. The van der Waals surface area contributed by atoms with Crippen LogP contribution in [-0.2, 0) is 4.79 Å². The van der Waals surface area contributed by atoms with Crippen molar-refractivity contribution in [2.75, 3.05) is 19.6 Å². The molecule has 0 bridgehead atoms. The molecule has 0 radical (unpaired) electrons. The van der Waals surface area contributed by atoms with Gasteiger partial charge in [-0.1, -0.05) is 41.9 Å². The number of hydrogen-bond acceptors (Lipinski definition) is 3. The van der Waals surface area contributed by atoms with Crippen LogP contribution in [0.1, 0.15) is 18.4 Å². The first-order chi connectivity index (χ1) is 12.5. The maximum atomic E-state index is 13.1. The summed E-state index contributed by atoms with van der Waals surface area (Å²) in [5, 5.41) is 0.146. The fourth-order valence-electron chi connectivity index (χ4n) is 3.44. The smallest absolute Gasteiger partial charge is 0.263 e. The second-order valence-corrected chi connectivity index (χ2v) is 7.00. The van der Waals surface area contributed by atoms with Gasteiger partial charge < -0.3 is 15.4 Å². The molecule has 26 heavy (non-hydrogen) atoms. The Bertz CT molecular complexity index is 772. The summed E-state index contributed by atoms with van der Waals surface area (Å²) in [6, 6.07) is 14.0. The molecule has 2 N–H and O–H groups in total. The number of halogens is 2. The maximum absolute atomic E-state index is 13.1. The number of hydrogen-bond donors (Lipinski definition) is 1. The first-order valence-corrected chi connectivity index (χ1v) is 9.03. The van der Waals surface area contributed by atoms with Crippen molar-refractivity contribution >= 4 is 17.5 Å². The Morgan fingerprint density at radius 3 is 2.69 bits per heavy atom. The summed E-state index contributed by atoms with van der Waals surface area (Å²) < 4.78 is 18.8. The van der Waals surface area contributed by atoms with E-state index in [-0.39, 0.29) is 22.8 Å². The van der Waals surface area contributed by atoms with E-state index < -0.39 is 11.9 Å². The van der Waals surface area contributed by atoms with Crippen LogP contribution in [0.2, 0.25) is 5.02 Å². The minimum atomic E-state index is -0.717. The van der Waals surface area contributed by atoms with E-state index in [0.29, 0.717) is 25.4 Å². The molecule has 2 aromatic rings. The number of carbonyl (C=O) groups is 1. The Kier molecular flexibility index (Phi) is 5.79. The van der Waals surface area contributed by atoms with Crippen LogP contribution in [0.5, 0.6) is 5.75 Å². The highest BCUT2D eigenvalue weighted by atomic mass is 35.5. The highest BCUT2D eigenvalue weighted by molar-refractivity contribution is 6.32. The van der Waals surface area contributed by atoms with Crippen molar-refractivity contribution in [2.45, 2.75) is 18.9 Å². The molecule has 138 valence electrons. The molecule has 1 amide bonds. The lowest BCUT2D eigenvalue weighted by atomic mass is 9.89. The molecule has 0 spiro atoms. The summed E-state index contributed by atoms with van der Waals surface area (Å²) in [6.07, 6.45) is -0.717. The number of nitrogens with zero attached hydrogens (tertiary/aromatic N) is 1. The maximum Gasteiger partial charge on any atom is 0.263 e. The van der Waals surface area contributed by atoms with Crippen molar-refractivity contribution in [3.63, 3.8) is 0 Å². The van der Waals surface area contributed by atoms with Gasteiger partial charge in [-0.25, -0.2) is 4.39 Å². The Morgan fingerprint density at radius 2 is 2.04 bits per heavy atom. The van der Waals surface area contributed by atoms with Crippen LogP contribution in [0.15, 0.2) is 48.5 Å². The van der Waals surface area contributed by atoms with E-state index in [1.807, 2.05) is 18.2 Å². The van der Waals surface area contributed by atoms with Gasteiger partial charge in [0, 0.05) is 19.0 Å². The van der Waals surface area contributed by atoms with Crippen molar-refractivity contribution in [3.05, 3.63) is 64.9 Å². The van der Waals surface area contributed by atoms with E-state index in [4.69, 9.17) is 22.1 Å². The van der Waals surface area contributed by atoms with Crippen LogP contribution in [0.3, 0.4) is 0 Å². The van der Waals surface area contributed by atoms with Gasteiger partial charge in [0.2, 0.25) is 0 Å². The number of benzene rings is 2. The fourth-order valence-corrected chi connectivity index (χ4v) is 3.65. The van der Waals surface area contributed by atoms with Crippen LogP contribution >= 0.6 is 11.6 Å². The van der Waals surface area contributed by atoms with Crippen molar-refractivity contribution in [2.24, 2.45) is 11.7 Å². The number of carbonyl (C=O) groups excluding carboxylic acids is 1. The summed E-state index contributed by atoms with van der Waals surface area (Å²) in [5.74, 6) is 0.150. The van der Waals surface area contributed by atoms with E-state index in [0.717, 1.165) is 0 Å². The number of amides is 1. The third-order valence-corrected chi connectivity index (χ3v) is 5.12. The average Bonchev–Trinajstić information content (AvgIpc) is 3.08. The van der Waals surface area contributed by atoms with Gasteiger partial charge in [-0.15, -0.1) is 0 Å². The lowest BCUT2D eigenvalue weighted by molar-refractivity contribution is -0.137. The normalized spacial score (nSPS) is 20.8. The predicted molar refractivity (Wildman–Crippen MR) is 99.8 cm³/mol. The molecule has 6 heteroatoms. The first kappa shape index (κ1) is 18.7. The number of likely N-dealkylation sites (tertiary alicyclic amines) is 1. The highest BCUT2D eigenvalue weighted by Gasteiger charge is 2.37. The topological polar surface area (TPSA) is 55.6 Å². The van der Waals surface area contributed by atoms with Gasteiger partial charge in [-0.05, 0) is 43.1 Å². The Labute approximate surface area is 157 Å². The van der Waals surface area contributed by atoms with Crippen LogP contribution in [-0.4, -0.2) is 36.5 Å². The zero-order valence-corrected chi connectivity index (χ0v) is 15.3. The summed E-state index contributed by atoms with van der Waals surface area (Å²) in [6.45, 7) is 3.40. The van der Waals surface area contributed by atoms with Gasteiger partial charge in [0.15, 0.2) is 6.10 Å². The third-order valence-electron chi connectivity index (χ3n) is 4.83. The third kappa shape index (κ3) is 4.00. The monoisotopic (exact) mass is 376 g/mol. The number of rotatable bonds is 5. The molecule has 1 heterocycles. The molecule has 1 saturated heterocycles. The molecule has 2 aromatic carbocycles. The molecule has 3 rings (SSSR count). The molecule has 4 nitrogen and oxygen atoms in total. The van der Waals surface area contributed by atoms with Gasteiger partial charge in [-0.2, -0.15) is 0 Å². The molecule has 1 fully saturated rings. The van der Waals surface area contributed by atoms with Crippen LogP contribution < -0.4 is 10.5 Å². The van der Waals surface area contributed by atoms with Crippen molar-refractivity contribution in [1.82, 2.24) is 4.90 Å². The lowest BCUT2D eigenvalue weighted by Gasteiger charge is -2.22. The molecule has 1 aliphatic rings. The minimum absolute atomic E-state index is 0.123. The molecule has 1 aliphatic heterocycles. The molecule has 0 aromatic heterocycles. The quantitative estimate of drug-likeness (QED) is 0.869. The van der Waals surface area contributed by atoms with E-state index >= 15 is 0 Å². The van der Waals surface area contributed by atoms with E-state index in [2.05, 4.69) is 12.1 Å². The van der Waals surface area contributed by atoms with Crippen LogP contribution in [0.25, 0.3) is 0 Å². The van der Waals surface area contributed by atoms with Gasteiger partial charge >= 0.3 is 0 Å². The highest BCUT2D eigenvalue weighted by Crippen LogP contribution is 2.33. The molecule has 0 aliphatic carbocycles. The van der Waals surface area contributed by atoms with Crippen molar-refractivity contribution < 1.29 is 13.9 Å². The first-order valence-electron chi connectivity index (χ1n) is 8.65. The summed E-state index contributed by atoms with van der Waals surface area (Å²) in [4.78, 5) is 14.6.